The van der Waals surface area contributed by atoms with Gasteiger partial charge >= 0.3 is 12.0 Å². The van der Waals surface area contributed by atoms with Gasteiger partial charge < -0.3 is 30.0 Å². The van der Waals surface area contributed by atoms with E-state index in [2.05, 4.69) is 83.1 Å². The molecule has 3 N–H and O–H groups in total. The van der Waals surface area contributed by atoms with E-state index in [0.29, 0.717) is 6.54 Å². The van der Waals surface area contributed by atoms with E-state index < -0.39 is 18.3 Å². The van der Waals surface area contributed by atoms with Crippen LogP contribution in [0.25, 0.3) is 11.1 Å². The summed E-state index contributed by atoms with van der Waals surface area (Å²) in [5.74, 6) is -0.457. The summed E-state index contributed by atoms with van der Waals surface area (Å²) in [4.78, 5) is 26.3. The van der Waals surface area contributed by atoms with Crippen LogP contribution < -0.4 is 10.6 Å². The molecule has 5 aromatic rings. The Hall–Kier alpha value is -5.32. The van der Waals surface area contributed by atoms with Crippen molar-refractivity contribution in [3.05, 3.63) is 167 Å². The van der Waals surface area contributed by atoms with Crippen LogP contribution in [0.5, 0.6) is 0 Å². The lowest BCUT2D eigenvalue weighted by Gasteiger charge is -2.43. The second-order valence-electron chi connectivity index (χ2n) is 13.6. The molecule has 1 heterocycles. The third-order valence-corrected chi connectivity index (χ3v) is 9.63. The van der Waals surface area contributed by atoms with Crippen molar-refractivity contribution in [2.75, 3.05) is 19.7 Å². The number of urea groups is 1. The number of nitrogens with zero attached hydrogens (tertiary/aromatic N) is 1. The van der Waals surface area contributed by atoms with Gasteiger partial charge in [-0.05, 0) is 58.0 Å². The summed E-state index contributed by atoms with van der Waals surface area (Å²) in [5.41, 5.74) is 8.15. The fourth-order valence-corrected chi connectivity index (χ4v) is 6.79. The van der Waals surface area contributed by atoms with E-state index in [9.17, 15) is 14.7 Å². The normalized spacial score (nSPS) is 18.2. The predicted octanol–water partition coefficient (Wildman–Crippen LogP) is 7.70. The molecule has 280 valence electrons. The molecule has 1 fully saturated rings. The molecule has 9 heteroatoms. The molecular formula is C45H49N3O6. The first-order valence-electron chi connectivity index (χ1n) is 18.6. The molecule has 0 saturated carbocycles. The maximum absolute atomic E-state index is 12.3. The summed E-state index contributed by atoms with van der Waals surface area (Å²) in [6.45, 7) is 6.50. The second kappa shape index (κ2) is 19.1. The van der Waals surface area contributed by atoms with Crippen molar-refractivity contribution < 1.29 is 28.9 Å². The largest absolute Gasteiger partial charge is 0.465 e. The van der Waals surface area contributed by atoms with Crippen LogP contribution in [0.15, 0.2) is 133 Å². The van der Waals surface area contributed by atoms with Crippen LogP contribution in [0.3, 0.4) is 0 Å². The van der Waals surface area contributed by atoms with Gasteiger partial charge in [0.05, 0.1) is 25.4 Å². The molecule has 5 aromatic carbocycles. The highest BCUT2D eigenvalue weighted by atomic mass is 16.7. The number of hydrogen-bond donors (Lipinski definition) is 3. The number of benzene rings is 5. The number of ether oxygens (including phenoxy) is 3. The molecule has 0 spiro atoms. The Labute approximate surface area is 317 Å². The third kappa shape index (κ3) is 10.6. The van der Waals surface area contributed by atoms with E-state index in [1.807, 2.05) is 72.8 Å². The lowest BCUT2D eigenvalue weighted by molar-refractivity contribution is -0.276. The molecule has 0 aliphatic carbocycles. The third-order valence-electron chi connectivity index (χ3n) is 9.63. The lowest BCUT2D eigenvalue weighted by atomic mass is 9.89. The molecule has 54 heavy (non-hydrogen) atoms. The molecule has 4 atom stereocenters. The summed E-state index contributed by atoms with van der Waals surface area (Å²) >= 11 is 0. The van der Waals surface area contributed by atoms with Crippen LogP contribution in [-0.4, -0.2) is 47.8 Å². The molecule has 4 unspecified atom stereocenters. The van der Waals surface area contributed by atoms with Crippen molar-refractivity contribution in [1.82, 2.24) is 15.5 Å². The topological polar surface area (TPSA) is 109 Å². The van der Waals surface area contributed by atoms with Crippen molar-refractivity contribution >= 4 is 12.0 Å². The smallest absolute Gasteiger partial charge is 0.325 e. The van der Waals surface area contributed by atoms with Gasteiger partial charge in [-0.2, -0.15) is 0 Å². The van der Waals surface area contributed by atoms with Crippen molar-refractivity contribution in [3.63, 3.8) is 0 Å². The van der Waals surface area contributed by atoms with Crippen LogP contribution in [-0.2, 0) is 45.2 Å². The van der Waals surface area contributed by atoms with Gasteiger partial charge in [-0.3, -0.25) is 9.69 Å². The number of aliphatic hydroxyl groups excluding tert-OH is 1. The minimum absolute atomic E-state index is 0.0175. The quantitative estimate of drug-likeness (QED) is 0.0949. The van der Waals surface area contributed by atoms with E-state index in [0.717, 1.165) is 46.5 Å². The molecule has 1 saturated heterocycles. The molecule has 0 aromatic heterocycles. The van der Waals surface area contributed by atoms with E-state index in [1.165, 1.54) is 11.1 Å². The maximum Gasteiger partial charge on any atom is 0.325 e. The Morgan fingerprint density at radius 3 is 1.98 bits per heavy atom. The summed E-state index contributed by atoms with van der Waals surface area (Å²) in [5, 5.41) is 15.0. The highest BCUT2D eigenvalue weighted by molar-refractivity contribution is 5.80. The minimum atomic E-state index is -0.628. The van der Waals surface area contributed by atoms with Crippen LogP contribution in [0.4, 0.5) is 4.79 Å². The van der Waals surface area contributed by atoms with Gasteiger partial charge in [-0.15, -0.1) is 0 Å². The molecule has 0 bridgehead atoms. The van der Waals surface area contributed by atoms with Crippen LogP contribution in [0, 0.1) is 5.92 Å². The Morgan fingerprint density at radius 2 is 1.33 bits per heavy atom. The average Bonchev–Trinajstić information content (AvgIpc) is 3.21. The maximum atomic E-state index is 12.3. The number of amides is 2. The monoisotopic (exact) mass is 727 g/mol. The molecule has 6 rings (SSSR count). The van der Waals surface area contributed by atoms with Gasteiger partial charge in [0.2, 0.25) is 0 Å². The number of nitrogens with one attached hydrogen (secondary N) is 2. The minimum Gasteiger partial charge on any atom is -0.465 e. The highest BCUT2D eigenvalue weighted by Gasteiger charge is 2.39. The SMILES string of the molecule is CCOC(=O)CNC(=O)NCc1cccc(-c2cccc(C3OC(CN(Cc4ccccc4)Cc4ccccc4)C(C)C(c4ccc(CO)cc4)O3)c2)c1. The first-order chi connectivity index (χ1) is 26.4. The number of hydrogen-bond acceptors (Lipinski definition) is 7. The Bertz CT molecular complexity index is 1900. The Morgan fingerprint density at radius 1 is 0.704 bits per heavy atom. The molecule has 1 aliphatic heterocycles. The van der Waals surface area contributed by atoms with Gasteiger partial charge in [0.1, 0.15) is 6.54 Å². The van der Waals surface area contributed by atoms with Gasteiger partial charge in [-0.1, -0.05) is 128 Å². The molecular weight excluding hydrogens is 679 g/mol. The summed E-state index contributed by atoms with van der Waals surface area (Å²) in [7, 11) is 0. The van der Waals surface area contributed by atoms with Crippen molar-refractivity contribution in [3.8, 4) is 11.1 Å². The van der Waals surface area contributed by atoms with E-state index >= 15 is 0 Å². The number of carbonyl (C=O) groups is 2. The zero-order chi connectivity index (χ0) is 37.7. The van der Waals surface area contributed by atoms with Crippen LogP contribution in [0.2, 0.25) is 0 Å². The fraction of sp³-hybridized carbons (Fsp3) is 0.289. The van der Waals surface area contributed by atoms with Crippen LogP contribution >= 0.6 is 0 Å². The van der Waals surface area contributed by atoms with E-state index in [4.69, 9.17) is 14.2 Å². The number of esters is 1. The fourth-order valence-electron chi connectivity index (χ4n) is 6.79. The van der Waals surface area contributed by atoms with Gasteiger partial charge in [0.15, 0.2) is 6.29 Å². The van der Waals surface area contributed by atoms with Crippen molar-refractivity contribution in [2.45, 2.75) is 58.6 Å². The molecule has 1 aliphatic rings. The van der Waals surface area contributed by atoms with Crippen molar-refractivity contribution in [2.24, 2.45) is 5.92 Å². The van der Waals surface area contributed by atoms with Crippen molar-refractivity contribution in [1.29, 1.82) is 0 Å². The van der Waals surface area contributed by atoms with E-state index in [1.54, 1.807) is 6.92 Å². The first-order valence-corrected chi connectivity index (χ1v) is 18.6. The summed E-state index contributed by atoms with van der Waals surface area (Å²) < 4.78 is 18.6. The van der Waals surface area contributed by atoms with Gasteiger partial charge in [0, 0.05) is 37.7 Å². The summed E-state index contributed by atoms with van der Waals surface area (Å²) in [6, 6.07) is 44.8. The Kier molecular flexibility index (Phi) is 13.6. The molecule has 0 radical (unpaired) electrons. The highest BCUT2D eigenvalue weighted by Crippen LogP contribution is 2.42. The predicted molar refractivity (Wildman–Crippen MR) is 209 cm³/mol. The van der Waals surface area contributed by atoms with Gasteiger partial charge in [-0.25, -0.2) is 4.79 Å². The van der Waals surface area contributed by atoms with Crippen LogP contribution in [0.1, 0.15) is 59.6 Å². The number of rotatable bonds is 15. The number of carbonyl (C=O) groups excluding carboxylic acids is 2. The zero-order valence-corrected chi connectivity index (χ0v) is 30.9. The average molecular weight is 728 g/mol. The lowest BCUT2D eigenvalue weighted by Crippen LogP contribution is -2.44. The van der Waals surface area contributed by atoms with Gasteiger partial charge in [0.25, 0.3) is 0 Å². The summed E-state index contributed by atoms with van der Waals surface area (Å²) in [6.07, 6.45) is -1.03. The van der Waals surface area contributed by atoms with E-state index in [-0.39, 0.29) is 44.4 Å². The standard InChI is InChI=1S/C45H49N3O6/c1-3-52-42(50)27-47-45(51)46-26-36-16-10-17-38(24-36)39-18-11-19-40(25-39)44-53-41(32(2)43(54-44)37-22-20-35(31-49)21-23-37)30-48(28-33-12-6-4-7-13-33)29-34-14-8-5-9-15-34/h4-25,32,41,43-44,49H,3,26-31H2,1-2H3,(H2,46,47,51). The number of aliphatic hydroxyl groups is 1. The molecule has 2 amide bonds. The first kappa shape index (κ1) is 38.4. The Balaban J connectivity index is 1.23. The zero-order valence-electron chi connectivity index (χ0n) is 30.9. The molecule has 9 nitrogen and oxygen atoms in total. The second-order valence-corrected chi connectivity index (χ2v) is 13.6.